The fourth-order valence-corrected chi connectivity index (χ4v) is 2.80. The normalized spacial score (nSPS) is 15.7. The van der Waals surface area contributed by atoms with Crippen molar-refractivity contribution in [1.82, 2.24) is 5.32 Å². The lowest BCUT2D eigenvalue weighted by Gasteiger charge is -2.14. The Bertz CT molecular complexity index is 776. The fourth-order valence-electron chi connectivity index (χ4n) is 2.80. The molecule has 1 saturated heterocycles. The molecule has 0 saturated carbocycles. The first-order valence-electron chi connectivity index (χ1n) is 8.23. The third kappa shape index (κ3) is 4.74. The van der Waals surface area contributed by atoms with E-state index < -0.39 is 0 Å². The third-order valence-corrected chi connectivity index (χ3v) is 4.19. The second kappa shape index (κ2) is 9.22. The summed E-state index contributed by atoms with van der Waals surface area (Å²) in [5.74, 6) is 0.253. The number of para-hydroxylation sites is 1. The first kappa shape index (κ1) is 19.8. The number of carbonyl (C=O) groups is 2. The van der Waals surface area contributed by atoms with Crippen LogP contribution in [-0.4, -0.2) is 32.0 Å². The Hall–Kier alpha value is -2.57. The van der Waals surface area contributed by atoms with E-state index in [0.717, 1.165) is 13.0 Å². The molecule has 0 aliphatic carbocycles. The van der Waals surface area contributed by atoms with Gasteiger partial charge in [0.1, 0.15) is 5.75 Å². The number of methoxy groups -OCH3 is 1. The van der Waals surface area contributed by atoms with E-state index in [1.807, 2.05) is 0 Å². The summed E-state index contributed by atoms with van der Waals surface area (Å²) < 4.78 is 5.16. The van der Waals surface area contributed by atoms with Crippen LogP contribution in [0.4, 0.5) is 11.4 Å². The van der Waals surface area contributed by atoms with E-state index in [9.17, 15) is 9.59 Å². The molecule has 3 N–H and O–H groups in total. The Morgan fingerprint density at radius 2 is 1.92 bits per heavy atom. The molecule has 2 aromatic carbocycles. The van der Waals surface area contributed by atoms with E-state index in [-0.39, 0.29) is 30.1 Å². The van der Waals surface area contributed by atoms with Crippen molar-refractivity contribution >= 4 is 35.6 Å². The van der Waals surface area contributed by atoms with Gasteiger partial charge in [-0.05, 0) is 37.2 Å². The summed E-state index contributed by atoms with van der Waals surface area (Å²) in [6.07, 6.45) is 0.810. The molecule has 1 heterocycles. The molecule has 6 nitrogen and oxygen atoms in total. The van der Waals surface area contributed by atoms with Crippen LogP contribution in [0, 0.1) is 5.92 Å². The van der Waals surface area contributed by atoms with Gasteiger partial charge in [0, 0.05) is 18.3 Å². The lowest BCUT2D eigenvalue weighted by Crippen LogP contribution is -2.26. The van der Waals surface area contributed by atoms with Gasteiger partial charge in [-0.3, -0.25) is 9.59 Å². The largest absolute Gasteiger partial charge is 0.497 e. The molecule has 0 radical (unpaired) electrons. The lowest BCUT2D eigenvalue weighted by molar-refractivity contribution is -0.119. The second-order valence-corrected chi connectivity index (χ2v) is 5.91. The van der Waals surface area contributed by atoms with Crippen LogP contribution in [0.2, 0.25) is 0 Å². The maximum atomic E-state index is 12.6. The predicted molar refractivity (Wildman–Crippen MR) is 104 cm³/mol. The van der Waals surface area contributed by atoms with E-state index in [4.69, 9.17) is 4.74 Å². The monoisotopic (exact) mass is 375 g/mol. The number of halogens is 1. The molecular formula is C19H22ClN3O3. The van der Waals surface area contributed by atoms with Gasteiger partial charge < -0.3 is 20.7 Å². The van der Waals surface area contributed by atoms with Gasteiger partial charge in [-0.15, -0.1) is 12.4 Å². The van der Waals surface area contributed by atoms with Crippen LogP contribution < -0.4 is 20.7 Å². The van der Waals surface area contributed by atoms with Crippen molar-refractivity contribution in [3.8, 4) is 5.75 Å². The molecule has 1 atom stereocenters. The van der Waals surface area contributed by atoms with Crippen LogP contribution in [-0.2, 0) is 4.79 Å². The number of amides is 2. The maximum Gasteiger partial charge on any atom is 0.257 e. The van der Waals surface area contributed by atoms with Crippen LogP contribution in [0.1, 0.15) is 16.8 Å². The second-order valence-electron chi connectivity index (χ2n) is 5.91. The highest BCUT2D eigenvalue weighted by Crippen LogP contribution is 2.21. The maximum absolute atomic E-state index is 12.6. The van der Waals surface area contributed by atoms with Gasteiger partial charge in [0.15, 0.2) is 0 Å². The number of carbonyl (C=O) groups excluding carboxylic acids is 2. The first-order chi connectivity index (χ1) is 12.2. The lowest BCUT2D eigenvalue weighted by atomic mass is 10.1. The van der Waals surface area contributed by atoms with Crippen molar-refractivity contribution < 1.29 is 14.3 Å². The summed E-state index contributed by atoms with van der Waals surface area (Å²) in [6.45, 7) is 1.51. The molecule has 0 bridgehead atoms. The molecule has 1 fully saturated rings. The molecule has 1 aliphatic heterocycles. The minimum atomic E-state index is -0.284. The zero-order valence-electron chi connectivity index (χ0n) is 14.5. The average Bonchev–Trinajstić information content (AvgIpc) is 3.17. The van der Waals surface area contributed by atoms with E-state index in [1.54, 1.807) is 55.6 Å². The van der Waals surface area contributed by atoms with Crippen LogP contribution in [0.5, 0.6) is 5.75 Å². The van der Waals surface area contributed by atoms with Crippen LogP contribution in [0.3, 0.4) is 0 Å². The highest BCUT2D eigenvalue weighted by Gasteiger charge is 2.23. The number of nitrogens with one attached hydrogen (secondary N) is 3. The SMILES string of the molecule is COc1cccc(NC(=O)c2ccccc2NC(=O)C2CCNC2)c1.Cl. The van der Waals surface area contributed by atoms with Gasteiger partial charge >= 0.3 is 0 Å². The zero-order chi connectivity index (χ0) is 17.6. The molecule has 26 heavy (non-hydrogen) atoms. The van der Waals surface area contributed by atoms with Gasteiger partial charge in [-0.2, -0.15) is 0 Å². The number of benzene rings is 2. The minimum Gasteiger partial charge on any atom is -0.497 e. The summed E-state index contributed by atoms with van der Waals surface area (Å²) in [7, 11) is 1.57. The van der Waals surface area contributed by atoms with Crippen molar-refractivity contribution in [1.29, 1.82) is 0 Å². The highest BCUT2D eigenvalue weighted by atomic mass is 35.5. The van der Waals surface area contributed by atoms with Crippen molar-refractivity contribution in [2.45, 2.75) is 6.42 Å². The first-order valence-corrected chi connectivity index (χ1v) is 8.23. The molecular weight excluding hydrogens is 354 g/mol. The Labute approximate surface area is 158 Å². The van der Waals surface area contributed by atoms with E-state index in [2.05, 4.69) is 16.0 Å². The number of rotatable bonds is 5. The Balaban J connectivity index is 0.00000243. The Morgan fingerprint density at radius 1 is 1.12 bits per heavy atom. The summed E-state index contributed by atoms with van der Waals surface area (Å²) >= 11 is 0. The van der Waals surface area contributed by atoms with Gasteiger partial charge in [-0.1, -0.05) is 18.2 Å². The summed E-state index contributed by atoms with van der Waals surface area (Å²) in [5.41, 5.74) is 1.56. The minimum absolute atomic E-state index is 0. The molecule has 7 heteroatoms. The quantitative estimate of drug-likeness (QED) is 0.750. The number of hydrogen-bond donors (Lipinski definition) is 3. The molecule has 0 aromatic heterocycles. The molecule has 1 unspecified atom stereocenters. The number of anilines is 2. The Kier molecular flexibility index (Phi) is 7.00. The average molecular weight is 376 g/mol. The van der Waals surface area contributed by atoms with Crippen molar-refractivity contribution in [2.24, 2.45) is 5.92 Å². The summed E-state index contributed by atoms with van der Waals surface area (Å²) in [6, 6.07) is 14.1. The molecule has 0 spiro atoms. The molecule has 3 rings (SSSR count). The summed E-state index contributed by atoms with van der Waals surface area (Å²) in [5, 5.41) is 8.88. The van der Waals surface area contributed by atoms with E-state index in [0.29, 0.717) is 29.2 Å². The van der Waals surface area contributed by atoms with Crippen LogP contribution in [0.15, 0.2) is 48.5 Å². The summed E-state index contributed by atoms with van der Waals surface area (Å²) in [4.78, 5) is 25.0. The van der Waals surface area contributed by atoms with Gasteiger partial charge in [0.2, 0.25) is 5.91 Å². The van der Waals surface area contributed by atoms with Gasteiger partial charge in [0.05, 0.1) is 24.3 Å². The number of hydrogen-bond acceptors (Lipinski definition) is 4. The molecule has 2 amide bonds. The highest BCUT2D eigenvalue weighted by molar-refractivity contribution is 6.10. The topological polar surface area (TPSA) is 79.5 Å². The fraction of sp³-hybridized carbons (Fsp3) is 0.263. The molecule has 138 valence electrons. The molecule has 1 aliphatic rings. The van der Waals surface area contributed by atoms with Crippen molar-refractivity contribution in [3.05, 3.63) is 54.1 Å². The molecule has 2 aromatic rings. The van der Waals surface area contributed by atoms with E-state index in [1.165, 1.54) is 0 Å². The smallest absolute Gasteiger partial charge is 0.257 e. The third-order valence-electron chi connectivity index (χ3n) is 4.19. The standard InChI is InChI=1S/C19H21N3O3.ClH/c1-25-15-6-4-5-14(11-15)21-19(24)16-7-2-3-8-17(16)22-18(23)13-9-10-20-12-13;/h2-8,11,13,20H,9-10,12H2,1H3,(H,21,24)(H,22,23);1H. The van der Waals surface area contributed by atoms with Gasteiger partial charge in [-0.25, -0.2) is 0 Å². The van der Waals surface area contributed by atoms with Gasteiger partial charge in [0.25, 0.3) is 5.91 Å². The van der Waals surface area contributed by atoms with Crippen molar-refractivity contribution in [3.63, 3.8) is 0 Å². The van der Waals surface area contributed by atoms with Crippen LogP contribution in [0.25, 0.3) is 0 Å². The van der Waals surface area contributed by atoms with Crippen LogP contribution >= 0.6 is 12.4 Å². The number of ether oxygens (including phenoxy) is 1. The van der Waals surface area contributed by atoms with E-state index >= 15 is 0 Å². The predicted octanol–water partition coefficient (Wildman–Crippen LogP) is 2.92. The zero-order valence-corrected chi connectivity index (χ0v) is 15.3. The van der Waals surface area contributed by atoms with Crippen molar-refractivity contribution in [2.75, 3.05) is 30.8 Å². The Morgan fingerprint density at radius 3 is 2.65 bits per heavy atom.